The van der Waals surface area contributed by atoms with Crippen LogP contribution in [0.2, 0.25) is 0 Å². The maximum absolute atomic E-state index is 13.8. The van der Waals surface area contributed by atoms with Crippen molar-refractivity contribution in [3.05, 3.63) is 0 Å². The van der Waals surface area contributed by atoms with Gasteiger partial charge >= 0.3 is 13.6 Å². The van der Waals surface area contributed by atoms with E-state index in [9.17, 15) is 24.4 Å². The zero-order valence-corrected chi connectivity index (χ0v) is 33.9. The monoisotopic (exact) mass is 740 g/mol. The molecule has 0 aliphatic heterocycles. The number of carbonyl (C=O) groups is 2. The van der Waals surface area contributed by atoms with E-state index in [4.69, 9.17) is 13.8 Å². The van der Waals surface area contributed by atoms with Crippen LogP contribution in [-0.4, -0.2) is 66.8 Å². The molecule has 4 aliphatic carbocycles. The molecule has 3 N–H and O–H groups in total. The zero-order valence-electron chi connectivity index (χ0n) is 33.0. The van der Waals surface area contributed by atoms with E-state index in [0.29, 0.717) is 61.9 Å². The Balaban J connectivity index is 1.30. The number of aliphatic hydroxyl groups excluding tert-OH is 2. The van der Waals surface area contributed by atoms with Crippen molar-refractivity contribution in [1.29, 1.82) is 0 Å². The largest absolute Gasteiger partial charge is 0.465 e. The van der Waals surface area contributed by atoms with E-state index in [1.54, 1.807) is 0 Å². The molecule has 4 aliphatic rings. The molecule has 0 aromatic rings. The van der Waals surface area contributed by atoms with Crippen LogP contribution in [0.5, 0.6) is 0 Å². The van der Waals surface area contributed by atoms with Crippen LogP contribution in [-0.2, 0) is 27.9 Å². The highest BCUT2D eigenvalue weighted by atomic mass is 31.2. The van der Waals surface area contributed by atoms with Gasteiger partial charge in [-0.15, -0.1) is 0 Å². The maximum atomic E-state index is 13.8. The zero-order chi connectivity index (χ0) is 37.2. The number of amides is 1. The van der Waals surface area contributed by atoms with E-state index >= 15 is 0 Å². The molecule has 4 saturated carbocycles. The fourth-order valence-corrected chi connectivity index (χ4v) is 13.0. The van der Waals surface area contributed by atoms with Gasteiger partial charge in [-0.05, 0) is 130 Å². The van der Waals surface area contributed by atoms with Crippen molar-refractivity contribution < 1.29 is 38.2 Å². The van der Waals surface area contributed by atoms with Crippen molar-refractivity contribution in [2.75, 3.05) is 32.5 Å². The Morgan fingerprint density at radius 3 is 2.14 bits per heavy atom. The Morgan fingerprint density at radius 1 is 0.843 bits per heavy atom. The van der Waals surface area contributed by atoms with Crippen molar-refractivity contribution in [3.8, 4) is 0 Å². The fraction of sp³-hybridized carbons (Fsp3) is 0.951. The Labute approximate surface area is 310 Å². The van der Waals surface area contributed by atoms with Gasteiger partial charge in [0.2, 0.25) is 5.91 Å². The van der Waals surface area contributed by atoms with Gasteiger partial charge in [-0.2, -0.15) is 0 Å². The molecule has 0 saturated heterocycles. The van der Waals surface area contributed by atoms with Crippen LogP contribution in [0, 0.1) is 52.3 Å². The molecule has 0 radical (unpaired) electrons. The highest BCUT2D eigenvalue weighted by Crippen LogP contribution is 2.68. The van der Waals surface area contributed by atoms with Crippen molar-refractivity contribution in [3.63, 3.8) is 0 Å². The highest BCUT2D eigenvalue weighted by Gasteiger charge is 2.62. The molecule has 1 amide bonds. The summed E-state index contributed by atoms with van der Waals surface area (Å²) in [6.07, 6.45) is 14.0. The molecule has 4 unspecified atom stereocenters. The van der Waals surface area contributed by atoms with Crippen molar-refractivity contribution in [1.82, 2.24) is 5.32 Å². The van der Waals surface area contributed by atoms with E-state index in [0.717, 1.165) is 70.6 Å². The second kappa shape index (κ2) is 19.6. The molecule has 11 atom stereocenters. The Hall–Kier alpha value is -0.990. The lowest BCUT2D eigenvalue weighted by molar-refractivity contribution is -0.174. The summed E-state index contributed by atoms with van der Waals surface area (Å²) < 4.78 is 30.9. The lowest BCUT2D eigenvalue weighted by Crippen LogP contribution is -2.58. The molecule has 0 spiro atoms. The first-order valence-corrected chi connectivity index (χ1v) is 22.7. The molecule has 296 valence electrons. The van der Waals surface area contributed by atoms with Crippen LogP contribution < -0.4 is 5.32 Å². The van der Waals surface area contributed by atoms with Crippen LogP contribution in [0.15, 0.2) is 0 Å². The van der Waals surface area contributed by atoms with Gasteiger partial charge in [0.25, 0.3) is 0 Å². The van der Waals surface area contributed by atoms with E-state index in [1.807, 2.05) is 20.8 Å². The van der Waals surface area contributed by atoms with E-state index in [2.05, 4.69) is 26.1 Å². The Kier molecular flexibility index (Phi) is 16.4. The normalized spacial score (nSPS) is 34.5. The number of hydrogen-bond donors (Lipinski definition) is 3. The first-order valence-electron chi connectivity index (χ1n) is 21.0. The van der Waals surface area contributed by atoms with Crippen LogP contribution in [0.25, 0.3) is 0 Å². The van der Waals surface area contributed by atoms with Gasteiger partial charge in [0.15, 0.2) is 0 Å². The fourth-order valence-electron chi connectivity index (χ4n) is 11.0. The number of aliphatic hydroxyl groups is 2. The van der Waals surface area contributed by atoms with E-state index in [-0.39, 0.29) is 47.9 Å². The molecule has 0 bridgehead atoms. The summed E-state index contributed by atoms with van der Waals surface area (Å²) in [6, 6.07) is 0. The summed E-state index contributed by atoms with van der Waals surface area (Å²) >= 11 is 0. The molecule has 0 aromatic carbocycles. The number of carbonyl (C=O) groups excluding carboxylic acids is 2. The molecule has 9 nitrogen and oxygen atoms in total. The number of unbranched alkanes of at least 4 members (excludes halogenated alkanes) is 3. The second-order valence-electron chi connectivity index (χ2n) is 17.5. The minimum absolute atomic E-state index is 0.0740. The number of ether oxygens (including phenoxy) is 1. The summed E-state index contributed by atoms with van der Waals surface area (Å²) in [7, 11) is -3.54. The lowest BCUT2D eigenvalue weighted by Gasteiger charge is -2.62. The quantitative estimate of drug-likeness (QED) is 0.0606. The third-order valence-corrected chi connectivity index (χ3v) is 16.2. The van der Waals surface area contributed by atoms with Gasteiger partial charge in [-0.25, -0.2) is 0 Å². The number of esters is 1. The third kappa shape index (κ3) is 10.6. The summed E-state index contributed by atoms with van der Waals surface area (Å²) in [5.74, 6) is 1.56. The van der Waals surface area contributed by atoms with Crippen molar-refractivity contribution in [2.24, 2.45) is 52.3 Å². The van der Waals surface area contributed by atoms with Gasteiger partial charge in [0.1, 0.15) is 0 Å². The molecular weight excluding hydrogens is 665 g/mol. The summed E-state index contributed by atoms with van der Waals surface area (Å²) in [6.45, 7) is 14.9. The van der Waals surface area contributed by atoms with Crippen molar-refractivity contribution in [2.45, 2.75) is 163 Å². The van der Waals surface area contributed by atoms with E-state index in [1.165, 1.54) is 25.7 Å². The van der Waals surface area contributed by atoms with Gasteiger partial charge in [0.05, 0.1) is 44.1 Å². The summed E-state index contributed by atoms with van der Waals surface area (Å²) in [4.78, 5) is 26.3. The molecule has 0 aromatic heterocycles. The number of fused-ring (bicyclic) bond motifs is 5. The topological polar surface area (TPSA) is 131 Å². The molecule has 4 fully saturated rings. The molecule has 10 heteroatoms. The van der Waals surface area contributed by atoms with Gasteiger partial charge in [-0.1, -0.05) is 60.8 Å². The van der Waals surface area contributed by atoms with Crippen LogP contribution >= 0.6 is 7.60 Å². The van der Waals surface area contributed by atoms with Crippen LogP contribution in [0.4, 0.5) is 0 Å². The number of hydrogen-bond acceptors (Lipinski definition) is 8. The Morgan fingerprint density at radius 2 is 1.47 bits per heavy atom. The maximum Gasteiger partial charge on any atom is 0.331 e. The predicted octanol–water partition coefficient (Wildman–Crippen LogP) is 8.69. The second-order valence-corrected chi connectivity index (χ2v) is 19.6. The minimum atomic E-state index is -3.54. The first-order chi connectivity index (χ1) is 24.3. The smallest absolute Gasteiger partial charge is 0.331 e. The lowest BCUT2D eigenvalue weighted by atomic mass is 9.43. The van der Waals surface area contributed by atoms with Gasteiger partial charge < -0.3 is 29.3 Å². The first kappa shape index (κ1) is 42.7. The third-order valence-electron chi connectivity index (χ3n) is 14.1. The summed E-state index contributed by atoms with van der Waals surface area (Å²) in [5, 5.41) is 25.1. The summed E-state index contributed by atoms with van der Waals surface area (Å²) in [5.41, 5.74) is 0.422. The molecule has 4 rings (SSSR count). The number of nitrogens with one attached hydrogen (secondary N) is 1. The molecule has 0 heterocycles. The average Bonchev–Trinajstić information content (AvgIpc) is 3.45. The average molecular weight is 740 g/mol. The Bertz CT molecular complexity index is 1140. The highest BCUT2D eigenvalue weighted by molar-refractivity contribution is 7.53. The van der Waals surface area contributed by atoms with E-state index < -0.39 is 19.5 Å². The predicted molar refractivity (Wildman–Crippen MR) is 202 cm³/mol. The number of rotatable bonds is 21. The SMILES string of the molecule is CCCCOC(=O)C(CCC(=O)NCC[C@@H](C)[C@H]1CCC2C3C(CC[C@@]21C)[C@@]1(C)CC[C@@H](O)C[C@H]1C[C@@H]3O)CP(=O)(OCCCC)OCCCC. The molecular formula is C41H74NO8P. The molecule has 51 heavy (non-hydrogen) atoms. The van der Waals surface area contributed by atoms with Crippen LogP contribution in [0.1, 0.15) is 151 Å². The standard InChI is InChI=1S/C41H74NO8P/c1-7-10-23-48-39(46)30(28-51(47,49-24-11-8-2)50-25-12-9-3)13-16-37(45)42-22-19-29(4)33-14-15-34-38-35(18-21-41(33,34)6)40(5)20-17-32(43)26-31(40)27-36(38)44/h29-36,38,43-44H,7-28H2,1-6H3,(H,42,45)/t29-,30?,31+,32-,33-,34?,35?,36+,38?,40+,41-/m1/s1. The minimum Gasteiger partial charge on any atom is -0.465 e. The van der Waals surface area contributed by atoms with Gasteiger partial charge in [-0.3, -0.25) is 14.2 Å². The van der Waals surface area contributed by atoms with Crippen molar-refractivity contribution >= 4 is 19.5 Å². The van der Waals surface area contributed by atoms with Gasteiger partial charge in [0, 0.05) is 13.0 Å². The van der Waals surface area contributed by atoms with Crippen LogP contribution in [0.3, 0.4) is 0 Å².